The molecule has 0 aromatic carbocycles. The molecule has 2 rings (SSSR count). The fourth-order valence-corrected chi connectivity index (χ4v) is 2.36. The lowest BCUT2D eigenvalue weighted by Gasteiger charge is -2.47. The fraction of sp³-hybridized carbons (Fsp3) is 1.00. The summed E-state index contributed by atoms with van der Waals surface area (Å²) in [5, 5.41) is 0. The van der Waals surface area contributed by atoms with Gasteiger partial charge in [0.25, 0.3) is 0 Å². The molecule has 2 nitrogen and oxygen atoms in total. The SMILES string of the molecule is CC(C)OC[C@]12CCN1C[C@@H](F)C2. The first-order chi connectivity index (χ1) is 6.12. The van der Waals surface area contributed by atoms with Crippen molar-refractivity contribution in [2.45, 2.75) is 44.5 Å². The van der Waals surface area contributed by atoms with E-state index in [4.69, 9.17) is 4.74 Å². The van der Waals surface area contributed by atoms with E-state index >= 15 is 0 Å². The number of halogens is 1. The lowest BCUT2D eigenvalue weighted by atomic mass is 9.86. The van der Waals surface area contributed by atoms with Gasteiger partial charge < -0.3 is 4.74 Å². The van der Waals surface area contributed by atoms with E-state index in [-0.39, 0.29) is 11.6 Å². The summed E-state index contributed by atoms with van der Waals surface area (Å²) in [5.74, 6) is 0. The number of ether oxygens (including phenoxy) is 1. The van der Waals surface area contributed by atoms with E-state index in [0.29, 0.717) is 19.6 Å². The Morgan fingerprint density at radius 2 is 2.38 bits per heavy atom. The molecule has 2 saturated heterocycles. The van der Waals surface area contributed by atoms with Gasteiger partial charge in [-0.15, -0.1) is 0 Å². The molecule has 0 aromatic heterocycles. The second-order valence-corrected chi connectivity index (χ2v) is 4.58. The highest BCUT2D eigenvalue weighted by atomic mass is 19.1. The van der Waals surface area contributed by atoms with Crippen LogP contribution in [0, 0.1) is 0 Å². The predicted octanol–water partition coefficient (Wildman–Crippen LogP) is 1.60. The molecule has 2 heterocycles. The van der Waals surface area contributed by atoms with Crippen LogP contribution in [-0.2, 0) is 4.74 Å². The largest absolute Gasteiger partial charge is 0.377 e. The van der Waals surface area contributed by atoms with Crippen molar-refractivity contribution in [3.63, 3.8) is 0 Å². The van der Waals surface area contributed by atoms with E-state index in [9.17, 15) is 4.39 Å². The zero-order chi connectivity index (χ0) is 9.47. The van der Waals surface area contributed by atoms with E-state index in [0.717, 1.165) is 13.0 Å². The number of hydrogen-bond acceptors (Lipinski definition) is 2. The quantitative estimate of drug-likeness (QED) is 0.665. The first-order valence-electron chi connectivity index (χ1n) is 5.13. The van der Waals surface area contributed by atoms with Crippen LogP contribution < -0.4 is 0 Å². The molecule has 2 aliphatic rings. The van der Waals surface area contributed by atoms with Crippen LogP contribution in [0.4, 0.5) is 4.39 Å². The lowest BCUT2D eigenvalue weighted by molar-refractivity contribution is -0.0648. The zero-order valence-corrected chi connectivity index (χ0v) is 8.42. The maximum Gasteiger partial charge on any atom is 0.115 e. The van der Waals surface area contributed by atoms with Gasteiger partial charge >= 0.3 is 0 Å². The Morgan fingerprint density at radius 3 is 2.85 bits per heavy atom. The topological polar surface area (TPSA) is 12.5 Å². The Bertz CT molecular complexity index is 197. The van der Waals surface area contributed by atoms with E-state index in [1.165, 1.54) is 0 Å². The average molecular weight is 187 g/mol. The summed E-state index contributed by atoms with van der Waals surface area (Å²) in [6.07, 6.45) is 1.42. The zero-order valence-electron chi connectivity index (χ0n) is 8.42. The van der Waals surface area contributed by atoms with Gasteiger partial charge in [-0.2, -0.15) is 0 Å². The summed E-state index contributed by atoms with van der Waals surface area (Å²) in [6.45, 7) is 6.46. The van der Waals surface area contributed by atoms with Gasteiger partial charge in [0.2, 0.25) is 0 Å². The molecular weight excluding hydrogens is 169 g/mol. The molecule has 2 fully saturated rings. The van der Waals surface area contributed by atoms with E-state index in [1.54, 1.807) is 0 Å². The number of hydrogen-bond donors (Lipinski definition) is 0. The molecule has 0 saturated carbocycles. The standard InChI is InChI=1S/C10H18FNO/c1-8(2)13-7-10-3-4-12(10)6-9(11)5-10/h8-9H,3-7H2,1-2H3/t9-,10+/m0/s1. The van der Waals surface area contributed by atoms with E-state index < -0.39 is 6.17 Å². The second-order valence-electron chi connectivity index (χ2n) is 4.58. The first kappa shape index (κ1) is 9.41. The normalized spacial score (nSPS) is 39.2. The maximum absolute atomic E-state index is 13.1. The first-order valence-corrected chi connectivity index (χ1v) is 5.13. The predicted molar refractivity (Wildman–Crippen MR) is 49.5 cm³/mol. The molecule has 0 unspecified atom stereocenters. The van der Waals surface area contributed by atoms with Gasteiger partial charge in [-0.05, 0) is 20.3 Å². The summed E-state index contributed by atoms with van der Waals surface area (Å²) < 4.78 is 18.7. The third kappa shape index (κ3) is 1.59. The smallest absolute Gasteiger partial charge is 0.115 e. The highest BCUT2D eigenvalue weighted by molar-refractivity contribution is 5.07. The van der Waals surface area contributed by atoms with Crippen molar-refractivity contribution in [1.82, 2.24) is 4.90 Å². The Kier molecular flexibility index (Phi) is 2.32. The van der Waals surface area contributed by atoms with Gasteiger partial charge in [-0.25, -0.2) is 4.39 Å². The second kappa shape index (κ2) is 3.21. The molecule has 0 aliphatic carbocycles. The molecule has 0 aromatic rings. The van der Waals surface area contributed by atoms with Crippen molar-refractivity contribution >= 4 is 0 Å². The van der Waals surface area contributed by atoms with Crippen LogP contribution >= 0.6 is 0 Å². The molecule has 0 bridgehead atoms. The monoisotopic (exact) mass is 187 g/mol. The Labute approximate surface area is 79.1 Å². The molecule has 2 atom stereocenters. The van der Waals surface area contributed by atoms with E-state index in [1.807, 2.05) is 13.8 Å². The molecule has 0 radical (unpaired) electrons. The minimum Gasteiger partial charge on any atom is -0.377 e. The van der Waals surface area contributed by atoms with Crippen LogP contribution in [0.3, 0.4) is 0 Å². The van der Waals surface area contributed by atoms with Crippen LogP contribution in [0.5, 0.6) is 0 Å². The van der Waals surface area contributed by atoms with Crippen LogP contribution in [-0.4, -0.2) is 42.4 Å². The van der Waals surface area contributed by atoms with Gasteiger partial charge in [-0.3, -0.25) is 4.90 Å². The van der Waals surface area contributed by atoms with Crippen molar-refractivity contribution in [2.24, 2.45) is 0 Å². The summed E-state index contributed by atoms with van der Waals surface area (Å²) in [4.78, 5) is 2.24. The van der Waals surface area contributed by atoms with E-state index in [2.05, 4.69) is 4.90 Å². The lowest BCUT2D eigenvalue weighted by Crippen LogP contribution is -2.58. The molecular formula is C10H18FNO. The van der Waals surface area contributed by atoms with Crippen LogP contribution in [0.1, 0.15) is 26.7 Å². The van der Waals surface area contributed by atoms with Crippen molar-refractivity contribution in [1.29, 1.82) is 0 Å². The Morgan fingerprint density at radius 1 is 1.62 bits per heavy atom. The Hall–Kier alpha value is -0.150. The van der Waals surface area contributed by atoms with Crippen LogP contribution in [0.25, 0.3) is 0 Å². The summed E-state index contributed by atoms with van der Waals surface area (Å²) >= 11 is 0. The molecule has 76 valence electrons. The number of fused-ring (bicyclic) bond motifs is 1. The molecule has 3 heteroatoms. The highest BCUT2D eigenvalue weighted by Crippen LogP contribution is 2.41. The number of rotatable bonds is 3. The average Bonchev–Trinajstić information content (AvgIpc) is 2.25. The third-order valence-corrected chi connectivity index (χ3v) is 3.22. The maximum atomic E-state index is 13.1. The van der Waals surface area contributed by atoms with Crippen molar-refractivity contribution in [3.05, 3.63) is 0 Å². The minimum absolute atomic E-state index is 0.0731. The summed E-state index contributed by atoms with van der Waals surface area (Å²) in [7, 11) is 0. The number of alkyl halides is 1. The summed E-state index contributed by atoms with van der Waals surface area (Å²) in [6, 6.07) is 0. The Balaban J connectivity index is 1.89. The highest BCUT2D eigenvalue weighted by Gasteiger charge is 2.52. The minimum atomic E-state index is -0.627. The van der Waals surface area contributed by atoms with Gasteiger partial charge in [-0.1, -0.05) is 0 Å². The summed E-state index contributed by atoms with van der Waals surface area (Å²) in [5.41, 5.74) is 0.0731. The van der Waals surface area contributed by atoms with Crippen LogP contribution in [0.2, 0.25) is 0 Å². The van der Waals surface area contributed by atoms with Crippen molar-refractivity contribution in [3.8, 4) is 0 Å². The molecule has 13 heavy (non-hydrogen) atoms. The van der Waals surface area contributed by atoms with Gasteiger partial charge in [0, 0.05) is 25.0 Å². The van der Waals surface area contributed by atoms with Crippen molar-refractivity contribution in [2.75, 3.05) is 19.7 Å². The van der Waals surface area contributed by atoms with Gasteiger partial charge in [0.1, 0.15) is 6.17 Å². The molecule has 0 amide bonds. The van der Waals surface area contributed by atoms with Crippen molar-refractivity contribution < 1.29 is 9.13 Å². The molecule has 0 N–H and O–H groups in total. The molecule has 0 spiro atoms. The number of nitrogens with zero attached hydrogens (tertiary/aromatic N) is 1. The third-order valence-electron chi connectivity index (χ3n) is 3.22. The van der Waals surface area contributed by atoms with Gasteiger partial charge in [0.15, 0.2) is 0 Å². The molecule has 2 aliphatic heterocycles. The van der Waals surface area contributed by atoms with Gasteiger partial charge in [0.05, 0.1) is 12.7 Å². The fourth-order valence-electron chi connectivity index (χ4n) is 2.36. The van der Waals surface area contributed by atoms with Crippen LogP contribution in [0.15, 0.2) is 0 Å².